The number of hydrogen-bond acceptors (Lipinski definition) is 7. The van der Waals surface area contributed by atoms with Gasteiger partial charge < -0.3 is 14.9 Å². The number of aromatic nitrogens is 5. The maximum Gasteiger partial charge on any atom is 0.417 e. The number of pyridine rings is 1. The molecule has 1 fully saturated rings. The number of alkyl halides is 6. The summed E-state index contributed by atoms with van der Waals surface area (Å²) in [4.78, 5) is 19.3. The van der Waals surface area contributed by atoms with Crippen molar-refractivity contribution < 1.29 is 40.6 Å². The molecule has 1 saturated carbocycles. The van der Waals surface area contributed by atoms with Crippen LogP contribution in [-0.4, -0.2) is 49.4 Å². The lowest BCUT2D eigenvalue weighted by Gasteiger charge is -2.34. The van der Waals surface area contributed by atoms with Crippen LogP contribution in [0.25, 0.3) is 0 Å². The van der Waals surface area contributed by atoms with Gasteiger partial charge in [0.1, 0.15) is 11.6 Å². The molecule has 1 aliphatic carbocycles. The van der Waals surface area contributed by atoms with E-state index in [4.69, 9.17) is 16.7 Å². The fraction of sp³-hybridized carbons (Fsp3) is 0.536. The highest BCUT2D eigenvalue weighted by Gasteiger charge is 2.35. The summed E-state index contributed by atoms with van der Waals surface area (Å²) in [6.45, 7) is 1.62. The second kappa shape index (κ2) is 13.7. The normalized spacial score (nSPS) is 17.4. The van der Waals surface area contributed by atoms with Crippen LogP contribution in [0.15, 0.2) is 24.4 Å². The lowest BCUT2D eigenvalue weighted by atomic mass is 9.80. The Bertz CT molecular complexity index is 1490. The standard InChI is InChI=1S/C28H31ClF7N7O2/c1-3-42(13-17-6-4-16(5-7-17)8-23(44)45)25-19(10-21(12-37-25)28(34,35)36)15-43(26-38-40-41(2)39-26)14-18-9-20(27(31,32)33)11-22(29)24(18)30/h9-12,16-17H,3-8,13-15H2,1-2H3,(H,44,45). The number of benzene rings is 1. The van der Waals surface area contributed by atoms with Gasteiger partial charge in [0, 0.05) is 49.9 Å². The van der Waals surface area contributed by atoms with Crippen molar-refractivity contribution in [1.29, 1.82) is 0 Å². The number of nitrogens with zero attached hydrogens (tertiary/aromatic N) is 7. The van der Waals surface area contributed by atoms with Crippen molar-refractivity contribution in [3.05, 3.63) is 57.5 Å². The van der Waals surface area contributed by atoms with E-state index < -0.39 is 58.9 Å². The number of carbonyl (C=O) groups is 1. The van der Waals surface area contributed by atoms with Crippen LogP contribution in [0.5, 0.6) is 0 Å². The fourth-order valence-electron chi connectivity index (χ4n) is 5.54. The zero-order valence-corrected chi connectivity index (χ0v) is 25.1. The average molecular weight is 666 g/mol. The van der Waals surface area contributed by atoms with Gasteiger partial charge in [-0.05, 0) is 67.9 Å². The number of carboxylic acid groups (broad SMARTS) is 1. The van der Waals surface area contributed by atoms with Crippen LogP contribution in [0.1, 0.15) is 61.3 Å². The molecular formula is C28H31ClF7N7O2. The predicted octanol–water partition coefficient (Wildman–Crippen LogP) is 6.75. The Kier molecular flexibility index (Phi) is 10.4. The van der Waals surface area contributed by atoms with E-state index in [0.29, 0.717) is 44.3 Å². The minimum atomic E-state index is -4.84. The van der Waals surface area contributed by atoms with Crippen LogP contribution in [0.3, 0.4) is 0 Å². The first kappa shape index (κ1) is 34.2. The molecule has 1 N–H and O–H groups in total. The minimum Gasteiger partial charge on any atom is -0.481 e. The summed E-state index contributed by atoms with van der Waals surface area (Å²) in [6, 6.07) is 1.93. The number of aryl methyl sites for hydroxylation is 1. The Morgan fingerprint density at radius 3 is 2.13 bits per heavy atom. The Hall–Kier alpha value is -3.69. The molecule has 9 nitrogen and oxygen atoms in total. The van der Waals surface area contributed by atoms with E-state index >= 15 is 4.39 Å². The van der Waals surface area contributed by atoms with E-state index in [0.717, 1.165) is 23.7 Å². The van der Waals surface area contributed by atoms with Crippen molar-refractivity contribution in [1.82, 2.24) is 25.2 Å². The van der Waals surface area contributed by atoms with Gasteiger partial charge in [-0.15, -0.1) is 5.10 Å². The molecule has 0 bridgehead atoms. The van der Waals surface area contributed by atoms with E-state index in [9.17, 15) is 31.1 Å². The first-order chi connectivity index (χ1) is 21.0. The van der Waals surface area contributed by atoms with Crippen molar-refractivity contribution in [3.63, 3.8) is 0 Å². The first-order valence-electron chi connectivity index (χ1n) is 14.1. The van der Waals surface area contributed by atoms with Crippen LogP contribution in [0, 0.1) is 17.7 Å². The summed E-state index contributed by atoms with van der Waals surface area (Å²) >= 11 is 5.79. The number of tetrazole rings is 1. The average Bonchev–Trinajstić information content (AvgIpc) is 3.39. The molecule has 3 aromatic rings. The number of halogens is 8. The van der Waals surface area contributed by atoms with Gasteiger partial charge in [-0.25, -0.2) is 9.37 Å². The number of aliphatic carboxylic acids is 1. The third kappa shape index (κ3) is 8.73. The van der Waals surface area contributed by atoms with E-state index in [1.807, 2.05) is 4.90 Å². The van der Waals surface area contributed by atoms with Crippen molar-refractivity contribution in [2.45, 2.75) is 64.5 Å². The maximum absolute atomic E-state index is 15.0. The van der Waals surface area contributed by atoms with Crippen molar-refractivity contribution >= 4 is 29.3 Å². The van der Waals surface area contributed by atoms with Gasteiger partial charge in [-0.2, -0.15) is 31.1 Å². The van der Waals surface area contributed by atoms with E-state index in [1.165, 1.54) is 11.9 Å². The zero-order valence-electron chi connectivity index (χ0n) is 24.3. The maximum atomic E-state index is 15.0. The van der Waals surface area contributed by atoms with E-state index in [2.05, 4.69) is 20.4 Å². The number of hydrogen-bond donors (Lipinski definition) is 1. The molecule has 0 amide bonds. The largest absolute Gasteiger partial charge is 0.481 e. The predicted molar refractivity (Wildman–Crippen MR) is 150 cm³/mol. The summed E-state index contributed by atoms with van der Waals surface area (Å²) in [6.07, 6.45) is -5.92. The zero-order chi connectivity index (χ0) is 33.1. The number of rotatable bonds is 11. The van der Waals surface area contributed by atoms with Gasteiger partial charge in [0.2, 0.25) is 0 Å². The molecule has 2 aromatic heterocycles. The Morgan fingerprint density at radius 2 is 1.58 bits per heavy atom. The minimum absolute atomic E-state index is 0.0529. The summed E-state index contributed by atoms with van der Waals surface area (Å²) in [5.41, 5.74) is -2.68. The molecule has 0 unspecified atom stereocenters. The van der Waals surface area contributed by atoms with Crippen LogP contribution < -0.4 is 9.80 Å². The Balaban J connectivity index is 1.70. The van der Waals surface area contributed by atoms with Crippen LogP contribution in [0.2, 0.25) is 5.02 Å². The van der Waals surface area contributed by atoms with E-state index in [1.54, 1.807) is 6.92 Å². The smallest absolute Gasteiger partial charge is 0.417 e. The van der Waals surface area contributed by atoms with Gasteiger partial charge in [0.05, 0.1) is 23.2 Å². The highest BCUT2D eigenvalue weighted by Crippen LogP contribution is 2.37. The number of anilines is 2. The quantitative estimate of drug-likeness (QED) is 0.225. The molecule has 1 aromatic carbocycles. The third-order valence-corrected chi connectivity index (χ3v) is 8.07. The second-order valence-electron chi connectivity index (χ2n) is 11.1. The summed E-state index contributed by atoms with van der Waals surface area (Å²) in [5.74, 6) is -1.77. The van der Waals surface area contributed by atoms with Crippen molar-refractivity contribution in [2.75, 3.05) is 22.9 Å². The Morgan fingerprint density at radius 1 is 0.978 bits per heavy atom. The van der Waals surface area contributed by atoms with Crippen LogP contribution in [0.4, 0.5) is 42.5 Å². The van der Waals surface area contributed by atoms with Crippen LogP contribution >= 0.6 is 11.6 Å². The van der Waals surface area contributed by atoms with Crippen molar-refractivity contribution in [3.8, 4) is 0 Å². The lowest BCUT2D eigenvalue weighted by Crippen LogP contribution is -2.34. The molecule has 0 atom stereocenters. The summed E-state index contributed by atoms with van der Waals surface area (Å²) in [7, 11) is 1.41. The van der Waals surface area contributed by atoms with Gasteiger partial charge in [0.25, 0.3) is 5.95 Å². The second-order valence-corrected chi connectivity index (χ2v) is 11.5. The molecule has 45 heavy (non-hydrogen) atoms. The third-order valence-electron chi connectivity index (χ3n) is 7.79. The van der Waals surface area contributed by atoms with Crippen molar-refractivity contribution in [2.24, 2.45) is 18.9 Å². The molecule has 246 valence electrons. The topological polar surface area (TPSA) is 100 Å². The number of carboxylic acids is 1. The van der Waals surface area contributed by atoms with Gasteiger partial charge in [0.15, 0.2) is 0 Å². The molecule has 0 saturated heterocycles. The lowest BCUT2D eigenvalue weighted by molar-refractivity contribution is -0.139. The SMILES string of the molecule is CCN(CC1CCC(CC(=O)O)CC1)c1ncc(C(F)(F)F)cc1CN(Cc1cc(C(F)(F)F)cc(Cl)c1F)c1nnn(C)n1. The van der Waals surface area contributed by atoms with Gasteiger partial charge in [-0.3, -0.25) is 4.79 Å². The molecule has 0 spiro atoms. The molecule has 0 aliphatic heterocycles. The fourth-order valence-corrected chi connectivity index (χ4v) is 5.77. The molecule has 0 radical (unpaired) electrons. The van der Waals surface area contributed by atoms with Gasteiger partial charge >= 0.3 is 18.3 Å². The summed E-state index contributed by atoms with van der Waals surface area (Å²) < 4.78 is 97.1. The first-order valence-corrected chi connectivity index (χ1v) is 14.5. The molecule has 17 heteroatoms. The van der Waals surface area contributed by atoms with Gasteiger partial charge in [-0.1, -0.05) is 16.7 Å². The molecule has 2 heterocycles. The molecule has 4 rings (SSSR count). The highest BCUT2D eigenvalue weighted by atomic mass is 35.5. The van der Waals surface area contributed by atoms with E-state index in [-0.39, 0.29) is 35.6 Å². The molecule has 1 aliphatic rings. The summed E-state index contributed by atoms with van der Waals surface area (Å²) in [5, 5.41) is 20.0. The monoisotopic (exact) mass is 665 g/mol. The van der Waals surface area contributed by atoms with Crippen LogP contribution in [-0.2, 0) is 37.3 Å². The highest BCUT2D eigenvalue weighted by molar-refractivity contribution is 6.30. The Labute approximate surface area is 259 Å². The molecular weight excluding hydrogens is 635 g/mol.